The Labute approximate surface area is 79.0 Å². The molecule has 11 heavy (non-hydrogen) atoms. The molecule has 0 aliphatic carbocycles. The van der Waals surface area contributed by atoms with Crippen molar-refractivity contribution in [1.82, 2.24) is 0 Å². The average molecular weight is 191 g/mol. The zero-order valence-corrected chi connectivity index (χ0v) is 8.33. The summed E-state index contributed by atoms with van der Waals surface area (Å²) >= 11 is 6.89. The number of halogens is 1. The van der Waals surface area contributed by atoms with E-state index in [4.69, 9.17) is 11.6 Å². The molecule has 0 spiro atoms. The number of allylic oxidation sites excluding steroid dienone is 1. The van der Waals surface area contributed by atoms with Gasteiger partial charge in [0.2, 0.25) is 0 Å². The number of alkyl halides is 1. The first kappa shape index (κ1) is 13.4. The Balaban J connectivity index is 0. The van der Waals surface area contributed by atoms with Gasteiger partial charge in [0.05, 0.1) is 0 Å². The third kappa shape index (κ3) is 25.8. The fourth-order valence-corrected chi connectivity index (χ4v) is 0.704. The monoisotopic (exact) mass is 190 g/mol. The molecule has 0 unspecified atom stereocenters. The molecule has 0 aromatic heterocycles. The highest BCUT2D eigenvalue weighted by molar-refractivity contribution is 7.99. The van der Waals surface area contributed by atoms with Gasteiger partial charge in [-0.15, -0.1) is 31.3 Å². The van der Waals surface area contributed by atoms with Gasteiger partial charge in [0.25, 0.3) is 0 Å². The van der Waals surface area contributed by atoms with Crippen molar-refractivity contribution in [3.05, 3.63) is 38.0 Å². The Bertz CT molecular complexity index is 91.7. The molecule has 0 saturated carbocycles. The van der Waals surface area contributed by atoms with E-state index < -0.39 is 0 Å². The molecule has 0 aliphatic rings. The lowest BCUT2D eigenvalue weighted by Gasteiger charge is -1.85. The Morgan fingerprint density at radius 2 is 1.36 bits per heavy atom. The molecule has 64 valence electrons. The van der Waals surface area contributed by atoms with Crippen molar-refractivity contribution >= 4 is 23.4 Å². The van der Waals surface area contributed by atoms with Gasteiger partial charge in [-0.1, -0.05) is 18.2 Å². The summed E-state index contributed by atoms with van der Waals surface area (Å²) in [4.78, 5) is 0. The van der Waals surface area contributed by atoms with Gasteiger partial charge in [0, 0.05) is 17.4 Å². The fraction of sp³-hybridized carbons (Fsp3) is 0.333. The Morgan fingerprint density at radius 3 is 1.55 bits per heavy atom. The second kappa shape index (κ2) is 16.4. The smallest absolute Gasteiger partial charge is 0.0401 e. The summed E-state index contributed by atoms with van der Waals surface area (Å²) in [5.41, 5.74) is 0. The topological polar surface area (TPSA) is 0 Å². The van der Waals surface area contributed by atoms with E-state index >= 15 is 0 Å². The Kier molecular flexibility index (Phi) is 20.1. The predicted octanol–water partition coefficient (Wildman–Crippen LogP) is 3.50. The van der Waals surface area contributed by atoms with Gasteiger partial charge in [-0.25, -0.2) is 0 Å². The largest absolute Gasteiger partial charge is 0.154 e. The second-order valence-corrected chi connectivity index (χ2v) is 2.94. The lowest BCUT2D eigenvalue weighted by Crippen LogP contribution is -1.69. The summed E-state index contributed by atoms with van der Waals surface area (Å²) in [7, 11) is 0. The van der Waals surface area contributed by atoms with Crippen molar-refractivity contribution in [2.75, 3.05) is 17.4 Å². The summed E-state index contributed by atoms with van der Waals surface area (Å²) in [5, 5.41) is 0. The molecule has 0 atom stereocenters. The van der Waals surface area contributed by atoms with E-state index in [-0.39, 0.29) is 0 Å². The van der Waals surface area contributed by atoms with E-state index in [1.54, 1.807) is 6.08 Å². The second-order valence-electron chi connectivity index (χ2n) is 1.56. The molecule has 0 saturated heterocycles. The van der Waals surface area contributed by atoms with Crippen LogP contribution in [0.1, 0.15) is 0 Å². The van der Waals surface area contributed by atoms with Gasteiger partial charge in [0.1, 0.15) is 0 Å². The number of hydrogen-bond donors (Lipinski definition) is 0. The van der Waals surface area contributed by atoms with E-state index in [2.05, 4.69) is 19.7 Å². The van der Waals surface area contributed by atoms with E-state index in [1.165, 1.54) is 0 Å². The molecular weight excluding hydrogens is 176 g/mol. The molecule has 0 rings (SSSR count). The maximum Gasteiger partial charge on any atom is 0.0401 e. The fourth-order valence-electron chi connectivity index (χ4n) is 0.235. The Hall–Kier alpha value is -0.140. The summed E-state index contributed by atoms with van der Waals surface area (Å²) in [5.74, 6) is 2.62. The van der Waals surface area contributed by atoms with Crippen molar-refractivity contribution in [3.8, 4) is 0 Å². The predicted molar refractivity (Wildman–Crippen MR) is 58.6 cm³/mol. The quantitative estimate of drug-likeness (QED) is 0.363. The first-order valence-corrected chi connectivity index (χ1v) is 4.98. The Morgan fingerprint density at radius 1 is 1.00 bits per heavy atom. The first-order valence-electron chi connectivity index (χ1n) is 3.29. The summed E-state index contributed by atoms with van der Waals surface area (Å²) < 4.78 is 0. The number of hydrogen-bond acceptors (Lipinski definition) is 1. The lowest BCUT2D eigenvalue weighted by atomic mass is 10.8. The molecule has 0 aromatic carbocycles. The maximum absolute atomic E-state index is 5.07. The zero-order valence-electron chi connectivity index (χ0n) is 6.76. The highest BCUT2D eigenvalue weighted by Gasteiger charge is 1.73. The minimum Gasteiger partial charge on any atom is -0.154 e. The lowest BCUT2D eigenvalue weighted by molar-refractivity contribution is 1.74. The number of thioether (sulfide) groups is 1. The van der Waals surface area contributed by atoms with Crippen LogP contribution in [0.3, 0.4) is 0 Å². The SMILES string of the molecule is C=CCCl.C=CCSCC=C. The molecule has 0 bridgehead atoms. The van der Waals surface area contributed by atoms with Crippen LogP contribution in [0.5, 0.6) is 0 Å². The number of rotatable bonds is 5. The van der Waals surface area contributed by atoms with E-state index in [0.29, 0.717) is 5.88 Å². The third-order valence-corrected chi connectivity index (χ3v) is 1.74. The third-order valence-electron chi connectivity index (χ3n) is 0.581. The minimum atomic E-state index is 0.556. The zero-order chi connectivity index (χ0) is 8.95. The molecule has 0 amide bonds. The van der Waals surface area contributed by atoms with E-state index in [1.807, 2.05) is 23.9 Å². The molecular formula is C9H15ClS. The van der Waals surface area contributed by atoms with E-state index in [9.17, 15) is 0 Å². The van der Waals surface area contributed by atoms with Crippen LogP contribution >= 0.6 is 23.4 Å². The summed E-state index contributed by atoms with van der Waals surface area (Å²) in [6.07, 6.45) is 5.43. The van der Waals surface area contributed by atoms with Gasteiger partial charge in [-0.2, -0.15) is 11.8 Å². The van der Waals surface area contributed by atoms with Gasteiger partial charge < -0.3 is 0 Å². The van der Waals surface area contributed by atoms with Crippen LogP contribution in [-0.4, -0.2) is 17.4 Å². The highest BCUT2D eigenvalue weighted by atomic mass is 35.5. The molecule has 2 heteroatoms. The van der Waals surface area contributed by atoms with Crippen molar-refractivity contribution in [3.63, 3.8) is 0 Å². The van der Waals surface area contributed by atoms with Gasteiger partial charge in [-0.3, -0.25) is 0 Å². The van der Waals surface area contributed by atoms with Crippen LogP contribution in [-0.2, 0) is 0 Å². The molecule has 0 aromatic rings. The van der Waals surface area contributed by atoms with Crippen LogP contribution in [0, 0.1) is 0 Å². The van der Waals surface area contributed by atoms with Crippen molar-refractivity contribution in [2.45, 2.75) is 0 Å². The van der Waals surface area contributed by atoms with Gasteiger partial charge >= 0.3 is 0 Å². The molecule has 0 nitrogen and oxygen atoms in total. The van der Waals surface area contributed by atoms with Crippen molar-refractivity contribution < 1.29 is 0 Å². The van der Waals surface area contributed by atoms with Crippen molar-refractivity contribution in [1.29, 1.82) is 0 Å². The molecule has 0 radical (unpaired) electrons. The molecule has 0 N–H and O–H groups in total. The normalized spacial score (nSPS) is 7.36. The first-order chi connectivity index (χ1) is 5.33. The standard InChI is InChI=1S/C6H10S.C3H5Cl/c1-3-5-7-6-4-2;1-2-3-4/h3-4H,1-2,5-6H2;2H,1,3H2. The molecule has 0 heterocycles. The van der Waals surface area contributed by atoms with Crippen LogP contribution in [0.4, 0.5) is 0 Å². The van der Waals surface area contributed by atoms with Crippen LogP contribution in [0.2, 0.25) is 0 Å². The molecule has 0 aliphatic heterocycles. The van der Waals surface area contributed by atoms with Crippen LogP contribution in [0.15, 0.2) is 38.0 Å². The van der Waals surface area contributed by atoms with Crippen molar-refractivity contribution in [2.24, 2.45) is 0 Å². The van der Waals surface area contributed by atoms with E-state index in [0.717, 1.165) is 11.5 Å². The molecule has 0 fully saturated rings. The van der Waals surface area contributed by atoms with Gasteiger partial charge in [0.15, 0.2) is 0 Å². The summed E-state index contributed by atoms with van der Waals surface area (Å²) in [6, 6.07) is 0. The maximum atomic E-state index is 5.07. The van der Waals surface area contributed by atoms with Crippen LogP contribution < -0.4 is 0 Å². The minimum absolute atomic E-state index is 0.556. The van der Waals surface area contributed by atoms with Crippen LogP contribution in [0.25, 0.3) is 0 Å². The summed E-state index contributed by atoms with van der Waals surface area (Å²) in [6.45, 7) is 10.5. The average Bonchev–Trinajstić information content (AvgIpc) is 2.06. The van der Waals surface area contributed by atoms with Gasteiger partial charge in [-0.05, 0) is 0 Å². The highest BCUT2D eigenvalue weighted by Crippen LogP contribution is 1.97.